The first kappa shape index (κ1) is 50.3. The fraction of sp³-hybridized carbons (Fsp3) is 0.625. The molecule has 2 fully saturated rings. The van der Waals surface area contributed by atoms with Gasteiger partial charge in [-0.2, -0.15) is 0 Å². The minimum Gasteiger partial charge on any atom is -0.462 e. The molecule has 0 aromatic heterocycles. The van der Waals surface area contributed by atoms with Crippen molar-refractivity contribution in [3.8, 4) is 11.8 Å². The van der Waals surface area contributed by atoms with Crippen molar-refractivity contribution in [1.29, 1.82) is 0 Å². The van der Waals surface area contributed by atoms with Crippen LogP contribution in [0.5, 0.6) is 0 Å². The van der Waals surface area contributed by atoms with Crippen molar-refractivity contribution in [2.75, 3.05) is 13.2 Å². The van der Waals surface area contributed by atoms with Crippen LogP contribution in [-0.4, -0.2) is 106 Å². The second-order valence-electron chi connectivity index (χ2n) is 20.4. The highest BCUT2D eigenvalue weighted by Gasteiger charge is 2.55. The largest absolute Gasteiger partial charge is 0.462 e. The van der Waals surface area contributed by atoms with Gasteiger partial charge in [-0.05, 0) is 143 Å². The van der Waals surface area contributed by atoms with Crippen molar-refractivity contribution in [3.05, 3.63) is 69.8 Å². The van der Waals surface area contributed by atoms with E-state index in [0.29, 0.717) is 33.4 Å². The van der Waals surface area contributed by atoms with Gasteiger partial charge in [0.15, 0.2) is 18.3 Å². The second-order valence-corrected chi connectivity index (χ2v) is 20.4. The first-order valence-electron chi connectivity index (χ1n) is 20.9. The Balaban J connectivity index is 1.79. The molecule has 0 bridgehead atoms. The van der Waals surface area contributed by atoms with Gasteiger partial charge in [-0.1, -0.05) is 24.0 Å². The molecule has 2 aliphatic rings. The highest BCUT2D eigenvalue weighted by Crippen LogP contribution is 2.41. The van der Waals surface area contributed by atoms with Gasteiger partial charge in [0, 0.05) is 11.1 Å². The zero-order valence-electron chi connectivity index (χ0n) is 38.5. The lowest BCUT2D eigenvalue weighted by molar-refractivity contribution is -0.262. The van der Waals surface area contributed by atoms with Crippen LogP contribution in [0.25, 0.3) is 0 Å². The highest BCUT2D eigenvalue weighted by atomic mass is 16.7. The number of aryl methyl sites for hydroxylation is 2. The summed E-state index contributed by atoms with van der Waals surface area (Å²) >= 11 is 0. The predicted molar refractivity (Wildman–Crippen MR) is 227 cm³/mol. The Hall–Kier alpha value is -4.36. The molecule has 10 atom stereocenters. The van der Waals surface area contributed by atoms with Crippen LogP contribution in [0, 0.1) is 47.3 Å². The number of hydrogen-bond donors (Lipinski definition) is 4. The molecule has 2 aliphatic heterocycles. The number of ether oxygens (including phenoxy) is 6. The minimum atomic E-state index is -1.51. The highest BCUT2D eigenvalue weighted by molar-refractivity contribution is 5.78. The molecule has 62 heavy (non-hydrogen) atoms. The summed E-state index contributed by atoms with van der Waals surface area (Å²) in [6.07, 6.45) is -12.8. The monoisotopic (exact) mass is 866 g/mol. The van der Waals surface area contributed by atoms with Gasteiger partial charge in [-0.15, -0.1) is 0 Å². The molecule has 0 aliphatic carbocycles. The topological polar surface area (TPSA) is 205 Å². The van der Waals surface area contributed by atoms with Crippen molar-refractivity contribution in [3.63, 3.8) is 0 Å². The predicted octanol–water partition coefficient (Wildman–Crippen LogP) is 5.12. The summed E-state index contributed by atoms with van der Waals surface area (Å²) in [5, 5.41) is 40.9. The quantitative estimate of drug-likeness (QED) is 0.155. The van der Waals surface area contributed by atoms with Crippen molar-refractivity contribution < 1.29 is 68.0 Å². The molecule has 2 aromatic rings. The van der Waals surface area contributed by atoms with Gasteiger partial charge < -0.3 is 48.8 Å². The van der Waals surface area contributed by atoms with Gasteiger partial charge in [-0.3, -0.25) is 19.2 Å². The van der Waals surface area contributed by atoms with E-state index in [2.05, 4.69) is 11.8 Å². The van der Waals surface area contributed by atoms with Crippen LogP contribution in [0.2, 0.25) is 0 Å². The molecule has 4 rings (SSSR count). The van der Waals surface area contributed by atoms with Crippen molar-refractivity contribution in [2.24, 2.45) is 21.7 Å². The summed E-state index contributed by atoms with van der Waals surface area (Å²) < 4.78 is 36.7. The molecule has 342 valence electrons. The Morgan fingerprint density at radius 3 is 1.37 bits per heavy atom. The molecule has 0 amide bonds. The first-order valence-corrected chi connectivity index (χ1v) is 20.9. The maximum atomic E-state index is 13.7. The summed E-state index contributed by atoms with van der Waals surface area (Å²) in [6, 6.07) is 10.6. The molecule has 4 N–H and O–H groups in total. The van der Waals surface area contributed by atoms with E-state index in [-0.39, 0.29) is 6.61 Å². The Morgan fingerprint density at radius 1 is 0.548 bits per heavy atom. The van der Waals surface area contributed by atoms with E-state index in [0.717, 1.165) is 0 Å². The average Bonchev–Trinajstić information content (AvgIpc) is 3.15. The SMILES string of the molecule is Cc1cc(C#Cc2ccc([C@H]3O[C@H](COC(=O)C(C)(C)C)[C@@H](OC(=O)C(C)(C)C)[C@H](OC(=O)C(C)(C)C)[C@@H]3OC(=O)C(C)(C)C)c(C)c2)ccc1[C@H]1O[C@H](CO)[C@@H](O)[C@H](O)[C@@H]1O. The molecule has 0 unspecified atom stereocenters. The number of aliphatic hydroxyl groups is 4. The van der Waals surface area contributed by atoms with E-state index in [1.165, 1.54) is 0 Å². The lowest BCUT2D eigenvalue weighted by Gasteiger charge is -2.46. The fourth-order valence-corrected chi connectivity index (χ4v) is 6.63. The van der Waals surface area contributed by atoms with Gasteiger partial charge in [0.05, 0.1) is 28.3 Å². The molecular formula is C48H66O14. The smallest absolute Gasteiger partial charge is 0.311 e. The van der Waals surface area contributed by atoms with E-state index in [4.69, 9.17) is 28.4 Å². The van der Waals surface area contributed by atoms with Gasteiger partial charge in [0.1, 0.15) is 49.3 Å². The zero-order chi connectivity index (χ0) is 46.9. The molecule has 0 saturated carbocycles. The maximum absolute atomic E-state index is 13.7. The molecule has 2 heterocycles. The van der Waals surface area contributed by atoms with Crippen molar-refractivity contribution >= 4 is 23.9 Å². The van der Waals surface area contributed by atoms with Gasteiger partial charge in [-0.25, -0.2) is 0 Å². The molecule has 14 heteroatoms. The number of carbonyl (C=O) groups excluding carboxylic acids is 4. The fourth-order valence-electron chi connectivity index (χ4n) is 6.63. The molecule has 0 radical (unpaired) electrons. The summed E-state index contributed by atoms with van der Waals surface area (Å²) in [6.45, 7) is 22.8. The summed E-state index contributed by atoms with van der Waals surface area (Å²) in [4.78, 5) is 54.1. The van der Waals surface area contributed by atoms with Crippen LogP contribution in [0.4, 0.5) is 0 Å². The number of hydrogen-bond acceptors (Lipinski definition) is 14. The lowest BCUT2D eigenvalue weighted by Crippen LogP contribution is -2.61. The maximum Gasteiger partial charge on any atom is 0.311 e. The number of rotatable bonds is 8. The van der Waals surface area contributed by atoms with Crippen molar-refractivity contribution in [2.45, 2.75) is 158 Å². The van der Waals surface area contributed by atoms with Crippen LogP contribution in [0.3, 0.4) is 0 Å². The lowest BCUT2D eigenvalue weighted by atomic mass is 9.87. The summed E-state index contributed by atoms with van der Waals surface area (Å²) in [5.41, 5.74) is -0.169. The number of esters is 4. The number of benzene rings is 2. The van der Waals surface area contributed by atoms with Gasteiger partial charge in [0.25, 0.3) is 0 Å². The number of aliphatic hydroxyl groups excluding tert-OH is 4. The third-order valence-corrected chi connectivity index (χ3v) is 10.6. The van der Waals surface area contributed by atoms with E-state index >= 15 is 0 Å². The van der Waals surface area contributed by atoms with E-state index < -0.39 is 113 Å². The molecule has 2 saturated heterocycles. The van der Waals surface area contributed by atoms with E-state index in [1.807, 2.05) is 13.0 Å². The van der Waals surface area contributed by atoms with Crippen molar-refractivity contribution in [1.82, 2.24) is 0 Å². The molecular weight excluding hydrogens is 801 g/mol. The minimum absolute atomic E-state index is 0.380. The third-order valence-electron chi connectivity index (χ3n) is 10.6. The Labute approximate surface area is 365 Å². The molecule has 14 nitrogen and oxygen atoms in total. The summed E-state index contributed by atoms with van der Waals surface area (Å²) in [5.74, 6) is 3.84. The van der Waals surface area contributed by atoms with Crippen LogP contribution in [0.1, 0.15) is 129 Å². The molecule has 0 spiro atoms. The van der Waals surface area contributed by atoms with Crippen LogP contribution in [-0.2, 0) is 47.6 Å². The normalized spacial score (nSPS) is 27.0. The number of carbonyl (C=O) groups is 4. The third kappa shape index (κ3) is 12.0. The van der Waals surface area contributed by atoms with Crippen LogP contribution < -0.4 is 0 Å². The van der Waals surface area contributed by atoms with Crippen LogP contribution in [0.15, 0.2) is 36.4 Å². The van der Waals surface area contributed by atoms with Gasteiger partial charge >= 0.3 is 23.9 Å². The van der Waals surface area contributed by atoms with Gasteiger partial charge in [0.2, 0.25) is 0 Å². The zero-order valence-corrected chi connectivity index (χ0v) is 38.5. The Bertz CT molecular complexity index is 2020. The Kier molecular flexibility index (Phi) is 15.5. The van der Waals surface area contributed by atoms with Crippen LogP contribution >= 0.6 is 0 Å². The summed E-state index contributed by atoms with van der Waals surface area (Å²) in [7, 11) is 0. The average molecular weight is 867 g/mol. The standard InChI is InChI=1S/C48H66O14/c1-25-21-27(17-19-29(25)36-35(52)34(51)33(50)31(23-49)58-36)15-16-28-18-20-30(26(2)22-28)37-39(61-43(55)47(9,10)11)40(62-44(56)48(12,13)14)38(60-42(54)46(6,7)8)32(59-37)24-57-41(53)45(3,4)5/h17-22,31-40,49-52H,23-24H2,1-14H3/t31-,32-,33-,34+,35+,36-,37-,38-,39-,40+/m1/s1. The van der Waals surface area contributed by atoms with E-state index in [1.54, 1.807) is 120 Å². The molecule has 2 aromatic carbocycles. The first-order chi connectivity index (χ1) is 28.4. The Morgan fingerprint density at radius 2 is 0.952 bits per heavy atom. The second kappa shape index (κ2) is 19.2. The van der Waals surface area contributed by atoms with E-state index in [9.17, 15) is 39.6 Å².